The molecule has 0 heterocycles. The van der Waals surface area contributed by atoms with E-state index < -0.39 is 16.0 Å². The molecule has 0 atom stereocenters. The lowest BCUT2D eigenvalue weighted by Crippen LogP contribution is -2.14. The minimum absolute atomic E-state index is 0.0357. The molecule has 0 saturated carbocycles. The molecule has 0 radical (unpaired) electrons. The summed E-state index contributed by atoms with van der Waals surface area (Å²) in [5, 5.41) is 8.73. The fraction of sp³-hybridized carbons (Fsp3) is 0.125. The van der Waals surface area contributed by atoms with Crippen LogP contribution in [0.25, 0.3) is 0 Å². The molecule has 1 N–H and O–H groups in total. The Hall–Kier alpha value is -2.56. The Morgan fingerprint density at radius 2 is 1.92 bits per heavy atom. The number of hydrogen-bond acceptors (Lipinski definition) is 5. The van der Waals surface area contributed by atoms with Crippen molar-refractivity contribution in [2.45, 2.75) is 11.3 Å². The molecule has 0 aliphatic carbocycles. The second kappa shape index (κ2) is 7.34. The lowest BCUT2D eigenvalue weighted by Gasteiger charge is -2.10. The molecular formula is C16H13ClN2O4S. The number of esters is 1. The SMILES string of the molecule is COC(=O)c1cc(S(=O)(=O)Nc2ccc(CC#N)cc2)ccc1Cl. The summed E-state index contributed by atoms with van der Waals surface area (Å²) in [7, 11) is -2.72. The van der Waals surface area contributed by atoms with E-state index in [4.69, 9.17) is 16.9 Å². The third-order valence-corrected chi connectivity index (χ3v) is 4.85. The number of carbonyl (C=O) groups excluding carboxylic acids is 1. The second-order valence-corrected chi connectivity index (χ2v) is 6.86. The van der Waals surface area contributed by atoms with Gasteiger partial charge in [0.15, 0.2) is 0 Å². The van der Waals surface area contributed by atoms with E-state index in [1.54, 1.807) is 24.3 Å². The van der Waals surface area contributed by atoms with Gasteiger partial charge in [0, 0.05) is 5.69 Å². The van der Waals surface area contributed by atoms with Gasteiger partial charge in [0.1, 0.15) is 0 Å². The van der Waals surface area contributed by atoms with Crippen LogP contribution in [0.1, 0.15) is 15.9 Å². The summed E-state index contributed by atoms with van der Waals surface area (Å²) in [6.45, 7) is 0. The molecule has 8 heteroatoms. The molecule has 2 aromatic rings. The highest BCUT2D eigenvalue weighted by atomic mass is 35.5. The minimum Gasteiger partial charge on any atom is -0.465 e. The zero-order chi connectivity index (χ0) is 17.7. The summed E-state index contributed by atoms with van der Waals surface area (Å²) in [6, 6.07) is 12.2. The lowest BCUT2D eigenvalue weighted by atomic mass is 10.1. The van der Waals surface area contributed by atoms with E-state index in [0.29, 0.717) is 5.69 Å². The van der Waals surface area contributed by atoms with Crippen LogP contribution in [0.15, 0.2) is 47.4 Å². The van der Waals surface area contributed by atoms with Gasteiger partial charge in [-0.05, 0) is 35.9 Å². The van der Waals surface area contributed by atoms with Crippen molar-refractivity contribution in [1.29, 1.82) is 5.26 Å². The number of hydrogen-bond donors (Lipinski definition) is 1. The number of carbonyl (C=O) groups is 1. The average molecular weight is 365 g/mol. The molecule has 2 rings (SSSR count). The van der Waals surface area contributed by atoms with Crippen molar-refractivity contribution in [1.82, 2.24) is 0 Å². The Kier molecular flexibility index (Phi) is 5.44. The predicted octanol–water partition coefficient (Wildman–Crippen LogP) is 2.99. The van der Waals surface area contributed by atoms with Crippen molar-refractivity contribution < 1.29 is 17.9 Å². The van der Waals surface area contributed by atoms with E-state index in [1.807, 2.05) is 6.07 Å². The van der Waals surface area contributed by atoms with Gasteiger partial charge in [0.25, 0.3) is 10.0 Å². The molecule has 2 aromatic carbocycles. The molecular weight excluding hydrogens is 352 g/mol. The number of nitrogens with zero attached hydrogens (tertiary/aromatic N) is 1. The number of ether oxygens (including phenoxy) is 1. The topological polar surface area (TPSA) is 96.3 Å². The van der Waals surface area contributed by atoms with Gasteiger partial charge in [-0.25, -0.2) is 13.2 Å². The molecule has 0 unspecified atom stereocenters. The predicted molar refractivity (Wildman–Crippen MR) is 89.4 cm³/mol. The smallest absolute Gasteiger partial charge is 0.339 e. The maximum absolute atomic E-state index is 12.4. The van der Waals surface area contributed by atoms with Crippen LogP contribution in [0.4, 0.5) is 5.69 Å². The summed E-state index contributed by atoms with van der Waals surface area (Å²) in [4.78, 5) is 11.5. The first-order chi connectivity index (χ1) is 11.4. The van der Waals surface area contributed by atoms with Crippen LogP contribution in [-0.4, -0.2) is 21.5 Å². The fourth-order valence-electron chi connectivity index (χ4n) is 1.93. The summed E-state index contributed by atoms with van der Waals surface area (Å²) in [5.74, 6) is -0.724. The highest BCUT2D eigenvalue weighted by Gasteiger charge is 2.19. The normalized spacial score (nSPS) is 10.7. The van der Waals surface area contributed by atoms with Gasteiger partial charge in [-0.1, -0.05) is 23.7 Å². The van der Waals surface area contributed by atoms with E-state index in [1.165, 1.54) is 19.2 Å². The number of sulfonamides is 1. The van der Waals surface area contributed by atoms with Crippen molar-refractivity contribution in [2.24, 2.45) is 0 Å². The Morgan fingerprint density at radius 3 is 2.50 bits per heavy atom. The molecule has 0 aromatic heterocycles. The van der Waals surface area contributed by atoms with Gasteiger partial charge in [0.2, 0.25) is 0 Å². The van der Waals surface area contributed by atoms with Crippen LogP contribution in [-0.2, 0) is 21.2 Å². The summed E-state index contributed by atoms with van der Waals surface area (Å²) in [5.41, 5.74) is 1.08. The molecule has 0 fully saturated rings. The summed E-state index contributed by atoms with van der Waals surface area (Å²) in [6.07, 6.45) is 0.243. The number of nitrogens with one attached hydrogen (secondary N) is 1. The number of methoxy groups -OCH3 is 1. The monoisotopic (exact) mass is 364 g/mol. The number of rotatable bonds is 5. The van der Waals surface area contributed by atoms with Gasteiger partial charge in [0.05, 0.1) is 35.1 Å². The van der Waals surface area contributed by atoms with Crippen molar-refractivity contribution in [2.75, 3.05) is 11.8 Å². The van der Waals surface area contributed by atoms with Gasteiger partial charge in [-0.3, -0.25) is 4.72 Å². The van der Waals surface area contributed by atoms with Gasteiger partial charge in [-0.15, -0.1) is 0 Å². The molecule has 0 saturated heterocycles. The second-order valence-electron chi connectivity index (χ2n) is 4.77. The zero-order valence-corrected chi connectivity index (χ0v) is 14.2. The molecule has 24 heavy (non-hydrogen) atoms. The molecule has 124 valence electrons. The first-order valence-corrected chi connectivity index (χ1v) is 8.60. The van der Waals surface area contributed by atoms with Gasteiger partial charge in [-0.2, -0.15) is 5.26 Å². The number of nitriles is 1. The molecule has 0 aliphatic rings. The minimum atomic E-state index is -3.90. The van der Waals surface area contributed by atoms with E-state index in [2.05, 4.69) is 9.46 Å². The fourth-order valence-corrected chi connectivity index (χ4v) is 3.21. The van der Waals surface area contributed by atoms with Crippen molar-refractivity contribution in [3.05, 3.63) is 58.6 Å². The van der Waals surface area contributed by atoms with Gasteiger partial charge >= 0.3 is 5.97 Å². The number of halogens is 1. The van der Waals surface area contributed by atoms with E-state index in [-0.39, 0.29) is 21.9 Å². The zero-order valence-electron chi connectivity index (χ0n) is 12.6. The van der Waals surface area contributed by atoms with Crippen LogP contribution in [0.5, 0.6) is 0 Å². The molecule has 0 amide bonds. The maximum Gasteiger partial charge on any atom is 0.339 e. The van der Waals surface area contributed by atoms with Crippen molar-refractivity contribution >= 4 is 33.3 Å². The standard InChI is InChI=1S/C16H13ClN2O4S/c1-23-16(20)14-10-13(6-7-15(14)17)24(21,22)19-12-4-2-11(3-5-12)8-9-18/h2-7,10,19H,8H2,1H3. The quantitative estimate of drug-likeness (QED) is 0.822. The van der Waals surface area contributed by atoms with Crippen molar-refractivity contribution in [3.8, 4) is 6.07 Å². The van der Waals surface area contributed by atoms with E-state index in [9.17, 15) is 13.2 Å². The van der Waals surface area contributed by atoms with Crippen LogP contribution >= 0.6 is 11.6 Å². The Bertz CT molecular complexity index is 903. The van der Waals surface area contributed by atoms with Crippen LogP contribution in [0, 0.1) is 11.3 Å². The number of anilines is 1. The van der Waals surface area contributed by atoms with Crippen molar-refractivity contribution in [3.63, 3.8) is 0 Å². The Labute approximate surface area is 144 Å². The van der Waals surface area contributed by atoms with E-state index >= 15 is 0 Å². The number of benzene rings is 2. The summed E-state index contributed by atoms with van der Waals surface area (Å²) >= 11 is 5.88. The first-order valence-electron chi connectivity index (χ1n) is 6.74. The third kappa shape index (κ3) is 4.04. The van der Waals surface area contributed by atoms with Crippen LogP contribution in [0.2, 0.25) is 5.02 Å². The lowest BCUT2D eigenvalue weighted by molar-refractivity contribution is 0.0600. The first kappa shape index (κ1) is 17.8. The van der Waals surface area contributed by atoms with Crippen LogP contribution < -0.4 is 4.72 Å². The molecule has 0 bridgehead atoms. The maximum atomic E-state index is 12.4. The Balaban J connectivity index is 2.30. The largest absolute Gasteiger partial charge is 0.465 e. The molecule has 6 nitrogen and oxygen atoms in total. The Morgan fingerprint density at radius 1 is 1.25 bits per heavy atom. The van der Waals surface area contributed by atoms with Gasteiger partial charge < -0.3 is 4.74 Å². The summed E-state index contributed by atoms with van der Waals surface area (Å²) < 4.78 is 31.8. The average Bonchev–Trinajstić information content (AvgIpc) is 2.56. The molecule has 0 aliphatic heterocycles. The van der Waals surface area contributed by atoms with E-state index in [0.717, 1.165) is 11.6 Å². The third-order valence-electron chi connectivity index (χ3n) is 3.14. The highest BCUT2D eigenvalue weighted by Crippen LogP contribution is 2.23. The molecule has 0 spiro atoms. The van der Waals surface area contributed by atoms with Crippen LogP contribution in [0.3, 0.4) is 0 Å². The highest BCUT2D eigenvalue weighted by molar-refractivity contribution is 7.92.